The van der Waals surface area contributed by atoms with Crippen molar-refractivity contribution in [1.82, 2.24) is 4.90 Å². The van der Waals surface area contributed by atoms with Crippen LogP contribution in [0.25, 0.3) is 0 Å². The highest BCUT2D eigenvalue weighted by atomic mass is 35.5. The summed E-state index contributed by atoms with van der Waals surface area (Å²) in [5, 5.41) is 10.8. The minimum atomic E-state index is -0.203. The van der Waals surface area contributed by atoms with Crippen molar-refractivity contribution in [2.45, 2.75) is 19.1 Å². The standard InChI is InChI=1S/C11H13Cl2NO/c12-10-2-1-3-11(13)9(10)7-14-5-4-8(15)6-14/h1-3,8,15H,4-7H2/t8-/m1/s1. The number of hydrogen-bond acceptors (Lipinski definition) is 2. The fourth-order valence-corrected chi connectivity index (χ4v) is 2.38. The number of rotatable bonds is 2. The van der Waals surface area contributed by atoms with Gasteiger partial charge in [-0.25, -0.2) is 0 Å². The van der Waals surface area contributed by atoms with E-state index in [1.807, 2.05) is 18.2 Å². The van der Waals surface area contributed by atoms with E-state index in [0.717, 1.165) is 25.1 Å². The number of likely N-dealkylation sites (tertiary alicyclic amines) is 1. The third kappa shape index (κ3) is 2.64. The fraction of sp³-hybridized carbons (Fsp3) is 0.455. The lowest BCUT2D eigenvalue weighted by molar-refractivity contribution is 0.175. The third-order valence-corrected chi connectivity index (χ3v) is 3.40. The van der Waals surface area contributed by atoms with Gasteiger partial charge in [0.1, 0.15) is 0 Å². The maximum atomic E-state index is 9.41. The van der Waals surface area contributed by atoms with Gasteiger partial charge in [-0.05, 0) is 18.6 Å². The third-order valence-electron chi connectivity index (χ3n) is 2.69. The largest absolute Gasteiger partial charge is 0.392 e. The van der Waals surface area contributed by atoms with Gasteiger partial charge in [-0.1, -0.05) is 29.3 Å². The number of halogens is 2. The van der Waals surface area contributed by atoms with Crippen molar-refractivity contribution in [1.29, 1.82) is 0 Å². The van der Waals surface area contributed by atoms with Gasteiger partial charge in [0.2, 0.25) is 0 Å². The second-order valence-corrected chi connectivity index (χ2v) is 4.69. The molecule has 82 valence electrons. The lowest BCUT2D eigenvalue weighted by Gasteiger charge is -2.16. The molecule has 1 heterocycles. The Hall–Kier alpha value is -0.280. The molecule has 2 rings (SSSR count). The fourth-order valence-electron chi connectivity index (χ4n) is 1.86. The van der Waals surface area contributed by atoms with Crippen LogP contribution in [-0.2, 0) is 6.54 Å². The van der Waals surface area contributed by atoms with Gasteiger partial charge in [0.05, 0.1) is 6.10 Å². The van der Waals surface area contributed by atoms with Crippen molar-refractivity contribution in [3.05, 3.63) is 33.8 Å². The molecule has 0 radical (unpaired) electrons. The Bertz CT molecular complexity index is 336. The van der Waals surface area contributed by atoms with Gasteiger partial charge in [0.15, 0.2) is 0 Å². The van der Waals surface area contributed by atoms with Crippen LogP contribution in [0.1, 0.15) is 12.0 Å². The van der Waals surface area contributed by atoms with E-state index in [-0.39, 0.29) is 6.10 Å². The second kappa shape index (κ2) is 4.71. The lowest BCUT2D eigenvalue weighted by atomic mass is 10.2. The molecule has 0 aliphatic carbocycles. The van der Waals surface area contributed by atoms with Crippen LogP contribution in [0.5, 0.6) is 0 Å². The first-order valence-corrected chi connectivity index (χ1v) is 5.75. The molecule has 0 bridgehead atoms. The Morgan fingerprint density at radius 2 is 2.00 bits per heavy atom. The molecular formula is C11H13Cl2NO. The molecule has 15 heavy (non-hydrogen) atoms. The summed E-state index contributed by atoms with van der Waals surface area (Å²) in [5.41, 5.74) is 0.954. The van der Waals surface area contributed by atoms with Crippen LogP contribution in [0.15, 0.2) is 18.2 Å². The highest BCUT2D eigenvalue weighted by Crippen LogP contribution is 2.26. The molecule has 0 unspecified atom stereocenters. The Balaban J connectivity index is 2.10. The normalized spacial score (nSPS) is 22.2. The minimum Gasteiger partial charge on any atom is -0.392 e. The number of benzene rings is 1. The summed E-state index contributed by atoms with van der Waals surface area (Å²) in [6.07, 6.45) is 0.633. The van der Waals surface area contributed by atoms with Gasteiger partial charge < -0.3 is 5.11 Å². The maximum Gasteiger partial charge on any atom is 0.0679 e. The van der Waals surface area contributed by atoms with E-state index in [1.54, 1.807) is 0 Å². The van der Waals surface area contributed by atoms with Crippen molar-refractivity contribution in [3.8, 4) is 0 Å². The van der Waals surface area contributed by atoms with Crippen molar-refractivity contribution in [2.24, 2.45) is 0 Å². The highest BCUT2D eigenvalue weighted by Gasteiger charge is 2.21. The monoisotopic (exact) mass is 245 g/mol. The van der Waals surface area contributed by atoms with Gasteiger partial charge in [0.25, 0.3) is 0 Å². The van der Waals surface area contributed by atoms with Gasteiger partial charge in [-0.2, -0.15) is 0 Å². The van der Waals surface area contributed by atoms with Gasteiger partial charge >= 0.3 is 0 Å². The van der Waals surface area contributed by atoms with E-state index in [1.165, 1.54) is 0 Å². The predicted molar refractivity (Wildman–Crippen MR) is 62.4 cm³/mol. The summed E-state index contributed by atoms with van der Waals surface area (Å²) in [5.74, 6) is 0. The Morgan fingerprint density at radius 3 is 2.53 bits per heavy atom. The molecular weight excluding hydrogens is 233 g/mol. The zero-order chi connectivity index (χ0) is 10.8. The topological polar surface area (TPSA) is 23.5 Å². The Labute approximate surface area is 99.4 Å². The molecule has 1 fully saturated rings. The molecule has 1 aromatic rings. The second-order valence-electron chi connectivity index (χ2n) is 3.88. The van der Waals surface area contributed by atoms with Crippen LogP contribution in [0.4, 0.5) is 0 Å². The molecule has 1 saturated heterocycles. The molecule has 1 aliphatic heterocycles. The molecule has 4 heteroatoms. The first kappa shape index (κ1) is 11.2. The average Bonchev–Trinajstić information content (AvgIpc) is 2.58. The van der Waals surface area contributed by atoms with Crippen LogP contribution in [0, 0.1) is 0 Å². The number of aliphatic hydroxyl groups excluding tert-OH is 1. The lowest BCUT2D eigenvalue weighted by Crippen LogP contribution is -2.21. The van der Waals surface area contributed by atoms with Crippen molar-refractivity contribution < 1.29 is 5.11 Å². The van der Waals surface area contributed by atoms with Crippen molar-refractivity contribution in [3.63, 3.8) is 0 Å². The minimum absolute atomic E-state index is 0.203. The smallest absolute Gasteiger partial charge is 0.0679 e. The zero-order valence-electron chi connectivity index (χ0n) is 8.29. The molecule has 0 saturated carbocycles. The van der Waals surface area contributed by atoms with Crippen molar-refractivity contribution >= 4 is 23.2 Å². The molecule has 1 aliphatic rings. The van der Waals surface area contributed by atoms with E-state index in [9.17, 15) is 5.11 Å². The molecule has 1 aromatic carbocycles. The molecule has 0 aromatic heterocycles. The van der Waals surface area contributed by atoms with E-state index < -0.39 is 0 Å². The molecule has 1 atom stereocenters. The summed E-state index contributed by atoms with van der Waals surface area (Å²) in [6, 6.07) is 5.53. The number of hydrogen-bond donors (Lipinski definition) is 1. The van der Waals surface area contributed by atoms with Crippen LogP contribution < -0.4 is 0 Å². The van der Waals surface area contributed by atoms with Crippen molar-refractivity contribution in [2.75, 3.05) is 13.1 Å². The van der Waals surface area contributed by atoms with Crippen LogP contribution in [0.2, 0.25) is 10.0 Å². The highest BCUT2D eigenvalue weighted by molar-refractivity contribution is 6.35. The summed E-state index contributed by atoms with van der Waals surface area (Å²) >= 11 is 12.1. The predicted octanol–water partition coefficient (Wildman–Crippen LogP) is 2.56. The van der Waals surface area contributed by atoms with E-state index in [0.29, 0.717) is 16.6 Å². The summed E-state index contributed by atoms with van der Waals surface area (Å²) in [6.45, 7) is 2.33. The van der Waals surface area contributed by atoms with Gasteiger partial charge in [0, 0.05) is 35.2 Å². The molecule has 2 nitrogen and oxygen atoms in total. The summed E-state index contributed by atoms with van der Waals surface area (Å²) in [4.78, 5) is 2.16. The molecule has 0 amide bonds. The number of aliphatic hydroxyl groups is 1. The van der Waals surface area contributed by atoms with Crippen LogP contribution in [0.3, 0.4) is 0 Å². The summed E-state index contributed by atoms with van der Waals surface area (Å²) in [7, 11) is 0. The first-order chi connectivity index (χ1) is 7.16. The number of nitrogens with zero attached hydrogens (tertiary/aromatic N) is 1. The summed E-state index contributed by atoms with van der Waals surface area (Å²) < 4.78 is 0. The Kier molecular flexibility index (Phi) is 3.52. The average molecular weight is 246 g/mol. The van der Waals surface area contributed by atoms with Gasteiger partial charge in [-0.3, -0.25) is 4.90 Å². The first-order valence-electron chi connectivity index (χ1n) is 5.00. The number of β-amino-alcohol motifs (C(OH)–C–C–N with tert-alkyl or cyclic N) is 1. The van der Waals surface area contributed by atoms with Crippen LogP contribution >= 0.6 is 23.2 Å². The van der Waals surface area contributed by atoms with Crippen LogP contribution in [-0.4, -0.2) is 29.2 Å². The Morgan fingerprint density at radius 1 is 1.33 bits per heavy atom. The quantitative estimate of drug-likeness (QED) is 0.866. The molecule has 1 N–H and O–H groups in total. The van der Waals surface area contributed by atoms with Gasteiger partial charge in [-0.15, -0.1) is 0 Å². The molecule has 0 spiro atoms. The SMILES string of the molecule is O[C@@H]1CCN(Cc2c(Cl)cccc2Cl)C1. The maximum absolute atomic E-state index is 9.41. The zero-order valence-corrected chi connectivity index (χ0v) is 9.80. The van der Waals surface area contributed by atoms with E-state index >= 15 is 0 Å². The van der Waals surface area contributed by atoms with E-state index in [2.05, 4.69) is 4.90 Å². The van der Waals surface area contributed by atoms with E-state index in [4.69, 9.17) is 23.2 Å².